The molecule has 0 N–H and O–H groups in total. The van der Waals surface area contributed by atoms with Gasteiger partial charge in [0.1, 0.15) is 0 Å². The smallest absolute Gasteiger partial charge is 0.216 e. The fourth-order valence-electron chi connectivity index (χ4n) is 9.12. The van der Waals surface area contributed by atoms with Crippen molar-refractivity contribution in [3.05, 3.63) is 174 Å². The van der Waals surface area contributed by atoms with Crippen molar-refractivity contribution in [1.29, 1.82) is 0 Å². The number of rotatable bonds is 9. The Morgan fingerprint density at radius 2 is 1.36 bits per heavy atom. The van der Waals surface area contributed by atoms with Crippen LogP contribution in [0.4, 0.5) is 0 Å². The molecule has 0 saturated carbocycles. The summed E-state index contributed by atoms with van der Waals surface area (Å²) in [4.78, 5) is 14.7. The van der Waals surface area contributed by atoms with Crippen molar-refractivity contribution < 1.29 is 24.5 Å². The molecule has 0 aliphatic rings. The van der Waals surface area contributed by atoms with Crippen molar-refractivity contribution in [1.82, 2.24) is 19.5 Å². The summed E-state index contributed by atoms with van der Waals surface area (Å²) in [5, 5.41) is 4.50. The van der Waals surface area contributed by atoms with Gasteiger partial charge >= 0.3 is 148 Å². The number of fused-ring (bicyclic) bond motifs is 5. The van der Waals surface area contributed by atoms with Crippen molar-refractivity contribution in [3.63, 3.8) is 0 Å². The molecule has 0 unspecified atom stereocenters. The Bertz CT molecular complexity index is 3310. The van der Waals surface area contributed by atoms with E-state index in [1.807, 2.05) is 25.1 Å². The van der Waals surface area contributed by atoms with Gasteiger partial charge in [-0.05, 0) is 77.4 Å². The van der Waals surface area contributed by atoms with Crippen LogP contribution in [0.3, 0.4) is 0 Å². The van der Waals surface area contributed by atoms with E-state index in [2.05, 4.69) is 202 Å². The molecular weight excluding hydrogens is 1050 g/mol. The van der Waals surface area contributed by atoms with Gasteiger partial charge in [0.25, 0.3) is 0 Å². The first-order valence-electron chi connectivity index (χ1n) is 23.1. The largest absolute Gasteiger partial charge is 0.486 e. The molecule has 0 spiro atoms. The van der Waals surface area contributed by atoms with Crippen LogP contribution < -0.4 is 4.40 Å². The van der Waals surface area contributed by atoms with Crippen LogP contribution in [0.5, 0.6) is 0 Å². The molecule has 0 bridgehead atoms. The zero-order chi connectivity index (χ0) is 45.6. The van der Waals surface area contributed by atoms with Gasteiger partial charge in [-0.3, -0.25) is 4.98 Å². The van der Waals surface area contributed by atoms with Crippen molar-refractivity contribution in [3.8, 4) is 39.5 Å². The fraction of sp³-hybridized carbons (Fsp3) is 0.237. The van der Waals surface area contributed by atoms with Crippen LogP contribution in [0.1, 0.15) is 75.8 Å². The number of aromatic nitrogens is 4. The monoisotopic (exact) mass is 1110 g/mol. The second-order valence-electron chi connectivity index (χ2n) is 19.5. The maximum Gasteiger partial charge on any atom is 0.216 e. The minimum atomic E-state index is -1.91. The molecule has 0 atom stereocenters. The maximum atomic E-state index is 6.44. The number of hydrogen-bond donors (Lipinski definition) is 0. The summed E-state index contributed by atoms with van der Waals surface area (Å²) < 4.78 is 10.3. The Morgan fingerprint density at radius 3 is 2.06 bits per heavy atom. The van der Waals surface area contributed by atoms with E-state index in [0.717, 1.165) is 62.1 Å². The summed E-state index contributed by atoms with van der Waals surface area (Å²) >= 11 is -1.91. The van der Waals surface area contributed by atoms with Gasteiger partial charge in [0.05, 0.1) is 22.4 Å². The molecule has 7 heteroatoms. The second kappa shape index (κ2) is 19.3. The van der Waals surface area contributed by atoms with E-state index >= 15 is 0 Å². The number of hydrogen-bond acceptors (Lipinski definition) is 4. The Hall–Kier alpha value is -5.66. The summed E-state index contributed by atoms with van der Waals surface area (Å²) in [6.07, 6.45) is 3.27. The SMILES string of the molecule is CC(C)Cc1cc(-c2[c-]cc3ccccc3c2)nc[c]1[Ge]([CH3])([CH3])[CH3].Cc1ccc2c(n1)oc1c(-c3nc4ccccc4n3-c3c(C(C)C)cc(-c4ccccc4)cc3C(C)C)[c-]ccc12.[Ir]. The molecule has 335 valence electrons. The van der Waals surface area contributed by atoms with Gasteiger partial charge in [0.15, 0.2) is 0 Å². The molecule has 4 heterocycles. The van der Waals surface area contributed by atoms with E-state index < -0.39 is 13.3 Å². The minimum absolute atomic E-state index is 0. The molecule has 10 aromatic rings. The van der Waals surface area contributed by atoms with Gasteiger partial charge in [-0.2, -0.15) is 0 Å². The molecular formula is C59H58GeIrN4O-2. The molecule has 0 fully saturated rings. The third kappa shape index (κ3) is 9.34. The summed E-state index contributed by atoms with van der Waals surface area (Å²) in [7, 11) is 0. The van der Waals surface area contributed by atoms with Crippen LogP contribution >= 0.6 is 0 Å². The molecule has 1 radical (unpaired) electrons. The molecule has 0 amide bonds. The van der Waals surface area contributed by atoms with Crippen LogP contribution in [0.25, 0.3) is 83.3 Å². The first kappa shape index (κ1) is 46.9. The zero-order valence-corrected chi connectivity index (χ0v) is 44.2. The van der Waals surface area contributed by atoms with E-state index in [4.69, 9.17) is 14.4 Å². The Kier molecular flexibility index (Phi) is 13.7. The van der Waals surface area contributed by atoms with Crippen molar-refractivity contribution in [2.24, 2.45) is 5.92 Å². The van der Waals surface area contributed by atoms with E-state index in [0.29, 0.717) is 23.5 Å². The quantitative estimate of drug-likeness (QED) is 0.107. The summed E-state index contributed by atoms with van der Waals surface area (Å²) in [5.41, 5.74) is 15.0. The Labute approximate surface area is 406 Å². The van der Waals surface area contributed by atoms with Crippen LogP contribution in [-0.2, 0) is 26.5 Å². The van der Waals surface area contributed by atoms with Crippen molar-refractivity contribution in [2.45, 2.75) is 84.0 Å². The standard InChI is InChI=1S/C37H32N3O.C22H26GeN.Ir/c1-22(2)30-20-26(25-12-7-6-8-13-25)21-31(23(3)4)34(30)40-33-17-10-9-16-32(33)39-36(40)29-15-11-14-27-28-19-18-24(5)38-37(28)41-35(27)29;1-16(2)12-20-14-22(24-15-21(20)23(3,4)5)19-11-10-17-8-6-7-9-18(17)13-19;/h6-14,16-23H,1-5H3;6-10,13-16H,12H2,1-5H3;/q2*-1;. The fourth-order valence-corrected chi connectivity index (χ4v) is 12.5. The molecule has 66 heavy (non-hydrogen) atoms. The van der Waals surface area contributed by atoms with Crippen LogP contribution in [0, 0.1) is 25.0 Å². The number of imidazole rings is 1. The van der Waals surface area contributed by atoms with Crippen molar-refractivity contribution in [2.75, 3.05) is 0 Å². The number of para-hydroxylation sites is 2. The summed E-state index contributed by atoms with van der Waals surface area (Å²) in [5.74, 6) is 9.40. The van der Waals surface area contributed by atoms with Gasteiger partial charge in [0.2, 0.25) is 5.71 Å². The summed E-state index contributed by atoms with van der Waals surface area (Å²) in [6.45, 7) is 15.7. The predicted molar refractivity (Wildman–Crippen MR) is 276 cm³/mol. The second-order valence-corrected chi connectivity index (χ2v) is 30.1. The maximum absolute atomic E-state index is 6.44. The zero-order valence-electron chi connectivity index (χ0n) is 39.7. The van der Waals surface area contributed by atoms with Crippen LogP contribution in [0.2, 0.25) is 17.3 Å². The van der Waals surface area contributed by atoms with Gasteiger partial charge in [-0.15, -0.1) is 18.2 Å². The molecule has 0 aliphatic heterocycles. The van der Waals surface area contributed by atoms with E-state index in [1.54, 1.807) is 0 Å². The predicted octanol–water partition coefficient (Wildman–Crippen LogP) is 15.5. The van der Waals surface area contributed by atoms with Gasteiger partial charge in [-0.1, -0.05) is 81.1 Å². The average Bonchev–Trinajstić information content (AvgIpc) is 3.86. The first-order valence-corrected chi connectivity index (χ1v) is 30.4. The Morgan fingerprint density at radius 1 is 0.682 bits per heavy atom. The van der Waals surface area contributed by atoms with E-state index in [9.17, 15) is 0 Å². The molecule has 6 aromatic carbocycles. The number of nitrogens with zero attached hydrogens (tertiary/aromatic N) is 4. The molecule has 5 nitrogen and oxygen atoms in total. The average molecular weight is 1100 g/mol. The molecule has 0 aliphatic carbocycles. The van der Waals surface area contributed by atoms with E-state index in [1.165, 1.54) is 48.7 Å². The van der Waals surface area contributed by atoms with Crippen LogP contribution in [0.15, 0.2) is 144 Å². The topological polar surface area (TPSA) is 56.7 Å². The third-order valence-corrected chi connectivity index (χ3v) is 16.7. The molecule has 4 aromatic heterocycles. The number of pyridine rings is 2. The van der Waals surface area contributed by atoms with Gasteiger partial charge < -0.3 is 8.98 Å². The number of benzene rings is 6. The number of furan rings is 1. The minimum Gasteiger partial charge on any atom is -0.486 e. The van der Waals surface area contributed by atoms with Gasteiger partial charge in [-0.25, -0.2) is 4.98 Å². The summed E-state index contributed by atoms with van der Waals surface area (Å²) in [6, 6.07) is 53.9. The third-order valence-electron chi connectivity index (χ3n) is 12.3. The normalized spacial score (nSPS) is 11.8. The Balaban J connectivity index is 0.000000203. The number of aryl methyl sites for hydroxylation is 1. The molecule has 10 rings (SSSR count). The van der Waals surface area contributed by atoms with Crippen LogP contribution in [-0.4, -0.2) is 32.8 Å². The van der Waals surface area contributed by atoms with E-state index in [-0.39, 0.29) is 20.1 Å². The molecule has 0 saturated heterocycles. The van der Waals surface area contributed by atoms with Gasteiger partial charge in [0, 0.05) is 36.9 Å². The first-order chi connectivity index (χ1) is 31.2. The van der Waals surface area contributed by atoms with Crippen molar-refractivity contribution >= 4 is 61.5 Å².